The van der Waals surface area contributed by atoms with Crippen LogP contribution in [-0.2, 0) is 0 Å². The second-order valence-corrected chi connectivity index (χ2v) is 7.55. The molecule has 2 heterocycles. The molecular formula is C20H13ClN2O5S. The van der Waals surface area contributed by atoms with Crippen molar-refractivity contribution < 1.29 is 19.7 Å². The summed E-state index contributed by atoms with van der Waals surface area (Å²) in [5.74, 6) is -0.988. The minimum absolute atomic E-state index is 0.116. The summed E-state index contributed by atoms with van der Waals surface area (Å²) < 4.78 is 6.93. The normalized spacial score (nSPS) is 11.9. The van der Waals surface area contributed by atoms with Crippen molar-refractivity contribution in [1.82, 2.24) is 9.38 Å². The molecule has 0 aliphatic carbocycles. The molecule has 9 heteroatoms. The Morgan fingerprint density at radius 2 is 2.10 bits per heavy atom. The molecule has 0 saturated carbocycles. The third-order valence-electron chi connectivity index (χ3n) is 4.28. The number of methoxy groups -OCH3 is 1. The van der Waals surface area contributed by atoms with Gasteiger partial charge in [0.25, 0.3) is 5.56 Å². The van der Waals surface area contributed by atoms with Crippen molar-refractivity contribution in [2.75, 3.05) is 7.11 Å². The van der Waals surface area contributed by atoms with Gasteiger partial charge in [0, 0.05) is 11.8 Å². The highest BCUT2D eigenvalue weighted by Crippen LogP contribution is 2.35. The fourth-order valence-corrected chi connectivity index (χ4v) is 4.04. The largest absolute Gasteiger partial charge is 0.503 e. The Kier molecular flexibility index (Phi) is 4.73. The molecule has 2 aromatic heterocycles. The molecule has 146 valence electrons. The van der Waals surface area contributed by atoms with E-state index in [9.17, 15) is 14.7 Å². The monoisotopic (exact) mass is 428 g/mol. The molecule has 0 aliphatic heterocycles. The van der Waals surface area contributed by atoms with Gasteiger partial charge in [0.1, 0.15) is 0 Å². The number of fused-ring (bicyclic) bond motifs is 1. The number of carboxylic acids is 1. The number of carboxylic acid groups (broad SMARTS) is 1. The van der Waals surface area contributed by atoms with Gasteiger partial charge in [0.05, 0.1) is 27.9 Å². The van der Waals surface area contributed by atoms with Gasteiger partial charge < -0.3 is 14.9 Å². The molecule has 0 atom stereocenters. The highest BCUT2D eigenvalue weighted by Gasteiger charge is 2.13. The molecule has 2 aromatic carbocycles. The number of hydrogen-bond acceptors (Lipinski definition) is 6. The second-order valence-electron chi connectivity index (χ2n) is 6.13. The topological polar surface area (TPSA) is 101 Å². The number of ether oxygens (including phenoxy) is 1. The molecule has 0 radical (unpaired) electrons. The molecule has 4 rings (SSSR count). The fraction of sp³-hybridized carbons (Fsp3) is 0.0500. The Morgan fingerprint density at radius 1 is 1.31 bits per heavy atom. The zero-order chi connectivity index (χ0) is 20.7. The van der Waals surface area contributed by atoms with Gasteiger partial charge in [-0.15, -0.1) is 0 Å². The van der Waals surface area contributed by atoms with Crippen LogP contribution < -0.4 is 14.8 Å². The number of aromatic carboxylic acids is 1. The standard InChI is InChI=1S/C20H13ClN2O5S/c1-28-15-6-10(5-13(21)17(15)24)7-16-18(25)23-9-14(22-20(23)29-16)11-3-2-4-12(8-11)19(26)27/h2-9,24H,1H3,(H,26,27). The van der Waals surface area contributed by atoms with Crippen molar-refractivity contribution in [1.29, 1.82) is 0 Å². The van der Waals surface area contributed by atoms with E-state index < -0.39 is 5.97 Å². The van der Waals surface area contributed by atoms with Crippen LogP contribution in [0.15, 0.2) is 47.4 Å². The lowest BCUT2D eigenvalue weighted by molar-refractivity contribution is 0.0697. The molecule has 29 heavy (non-hydrogen) atoms. The van der Waals surface area contributed by atoms with Crippen molar-refractivity contribution in [3.63, 3.8) is 0 Å². The number of aromatic nitrogens is 2. The van der Waals surface area contributed by atoms with E-state index in [2.05, 4.69) is 4.98 Å². The van der Waals surface area contributed by atoms with Crippen LogP contribution in [-0.4, -0.2) is 32.7 Å². The average Bonchev–Trinajstić information content (AvgIpc) is 3.24. The Balaban J connectivity index is 1.79. The Morgan fingerprint density at radius 3 is 2.79 bits per heavy atom. The van der Waals surface area contributed by atoms with E-state index in [0.29, 0.717) is 26.3 Å². The maximum atomic E-state index is 12.8. The van der Waals surface area contributed by atoms with Gasteiger partial charge >= 0.3 is 5.97 Å². The summed E-state index contributed by atoms with van der Waals surface area (Å²) in [6.07, 6.45) is 3.22. The minimum atomic E-state index is -1.03. The molecule has 7 nitrogen and oxygen atoms in total. The molecule has 2 N–H and O–H groups in total. The third kappa shape index (κ3) is 3.43. The average molecular weight is 429 g/mol. The van der Waals surface area contributed by atoms with E-state index in [0.717, 1.165) is 0 Å². The quantitative estimate of drug-likeness (QED) is 0.518. The first kappa shape index (κ1) is 19.0. The molecule has 0 spiro atoms. The smallest absolute Gasteiger partial charge is 0.335 e. The maximum absolute atomic E-state index is 12.8. The first-order valence-corrected chi connectivity index (χ1v) is 9.50. The van der Waals surface area contributed by atoms with Gasteiger partial charge in [0.15, 0.2) is 16.5 Å². The lowest BCUT2D eigenvalue weighted by atomic mass is 10.1. The van der Waals surface area contributed by atoms with Crippen LogP contribution in [0.4, 0.5) is 0 Å². The van der Waals surface area contributed by atoms with Crippen LogP contribution in [0, 0.1) is 0 Å². The van der Waals surface area contributed by atoms with Crippen LogP contribution in [0.5, 0.6) is 11.5 Å². The Hall–Kier alpha value is -3.36. The molecule has 0 fully saturated rings. The second kappa shape index (κ2) is 7.23. The number of phenolic OH excluding ortho intramolecular Hbond substituents is 1. The summed E-state index contributed by atoms with van der Waals surface area (Å²) in [5, 5.41) is 19.1. The van der Waals surface area contributed by atoms with E-state index in [1.54, 1.807) is 30.5 Å². The first-order chi connectivity index (χ1) is 13.9. The highest BCUT2D eigenvalue weighted by molar-refractivity contribution is 7.15. The number of benzene rings is 2. The van der Waals surface area contributed by atoms with Gasteiger partial charge in [-0.2, -0.15) is 0 Å². The predicted molar refractivity (Wildman–Crippen MR) is 110 cm³/mol. The molecule has 0 saturated heterocycles. The summed E-state index contributed by atoms with van der Waals surface area (Å²) >= 11 is 7.19. The molecule has 4 aromatic rings. The lowest BCUT2D eigenvalue weighted by Gasteiger charge is -2.05. The molecule has 0 amide bonds. The molecular weight excluding hydrogens is 416 g/mol. The molecule has 0 aliphatic rings. The number of aromatic hydroxyl groups is 1. The van der Waals surface area contributed by atoms with Crippen LogP contribution in [0.3, 0.4) is 0 Å². The number of carbonyl (C=O) groups is 1. The predicted octanol–water partition coefficient (Wildman–Crippen LogP) is 3.04. The van der Waals surface area contributed by atoms with Crippen molar-refractivity contribution >= 4 is 39.9 Å². The van der Waals surface area contributed by atoms with E-state index >= 15 is 0 Å². The van der Waals surface area contributed by atoms with Gasteiger partial charge in [-0.3, -0.25) is 9.20 Å². The van der Waals surface area contributed by atoms with E-state index in [4.69, 9.17) is 21.4 Å². The highest BCUT2D eigenvalue weighted by atomic mass is 35.5. The summed E-state index contributed by atoms with van der Waals surface area (Å²) in [6.45, 7) is 0. The van der Waals surface area contributed by atoms with E-state index in [1.165, 1.54) is 41.0 Å². The van der Waals surface area contributed by atoms with E-state index in [-0.39, 0.29) is 27.6 Å². The van der Waals surface area contributed by atoms with Crippen LogP contribution in [0.25, 0.3) is 22.3 Å². The third-order valence-corrected chi connectivity index (χ3v) is 5.55. The number of thiazole rings is 1. The van der Waals surface area contributed by atoms with Gasteiger partial charge in [0.2, 0.25) is 0 Å². The minimum Gasteiger partial charge on any atom is -0.503 e. The maximum Gasteiger partial charge on any atom is 0.335 e. The number of imidazole rings is 1. The van der Waals surface area contributed by atoms with Crippen molar-refractivity contribution in [3.8, 4) is 22.8 Å². The number of rotatable bonds is 4. The summed E-state index contributed by atoms with van der Waals surface area (Å²) in [5.41, 5.74) is 1.61. The molecule has 0 bridgehead atoms. The van der Waals surface area contributed by atoms with Crippen molar-refractivity contribution in [2.45, 2.75) is 0 Å². The first-order valence-electron chi connectivity index (χ1n) is 8.31. The van der Waals surface area contributed by atoms with Crippen LogP contribution in [0.2, 0.25) is 5.02 Å². The summed E-state index contributed by atoms with van der Waals surface area (Å²) in [4.78, 5) is 28.8. The Bertz CT molecular complexity index is 1380. The van der Waals surface area contributed by atoms with Gasteiger partial charge in [-0.1, -0.05) is 35.1 Å². The van der Waals surface area contributed by atoms with E-state index in [1.807, 2.05) is 0 Å². The summed E-state index contributed by atoms with van der Waals surface area (Å²) in [7, 11) is 1.41. The molecule has 0 unspecified atom stereocenters. The van der Waals surface area contributed by atoms with Crippen molar-refractivity contribution in [3.05, 3.63) is 73.6 Å². The number of hydrogen-bond donors (Lipinski definition) is 2. The lowest BCUT2D eigenvalue weighted by Crippen LogP contribution is -2.22. The summed E-state index contributed by atoms with van der Waals surface area (Å²) in [6, 6.07) is 9.48. The number of nitrogens with zero attached hydrogens (tertiary/aromatic N) is 2. The zero-order valence-corrected chi connectivity index (χ0v) is 16.5. The van der Waals surface area contributed by atoms with Crippen LogP contribution in [0.1, 0.15) is 15.9 Å². The Labute approximate surface area is 172 Å². The zero-order valence-electron chi connectivity index (χ0n) is 14.9. The fourth-order valence-electron chi connectivity index (χ4n) is 2.87. The number of halogens is 1. The van der Waals surface area contributed by atoms with Gasteiger partial charge in [-0.25, -0.2) is 9.78 Å². The van der Waals surface area contributed by atoms with Crippen molar-refractivity contribution in [2.24, 2.45) is 0 Å². The van der Waals surface area contributed by atoms with Gasteiger partial charge in [-0.05, 0) is 35.9 Å². The van der Waals surface area contributed by atoms with Crippen LogP contribution >= 0.6 is 22.9 Å². The SMILES string of the molecule is COc1cc(C=c2sc3nc(-c4cccc(C(=O)O)c4)cn3c2=O)cc(Cl)c1O. The number of phenols is 1.